The quantitative estimate of drug-likeness (QED) is 0.200. The molecule has 0 fully saturated rings. The molecule has 0 bridgehead atoms. The van der Waals surface area contributed by atoms with Gasteiger partial charge in [0.15, 0.2) is 29.1 Å². The van der Waals surface area contributed by atoms with Crippen molar-refractivity contribution in [2.24, 2.45) is 0 Å². The third-order valence-electron chi connectivity index (χ3n) is 4.62. The van der Waals surface area contributed by atoms with Gasteiger partial charge < -0.3 is 4.74 Å². The lowest BCUT2D eigenvalue weighted by Crippen LogP contribution is -2.22. The Morgan fingerprint density at radius 2 is 1.25 bits per heavy atom. The number of benzene rings is 3. The summed E-state index contributed by atoms with van der Waals surface area (Å²) in [6.45, 7) is 1.99. The second-order valence-corrected chi connectivity index (χ2v) is 6.97. The Morgan fingerprint density at radius 1 is 0.781 bits per heavy atom. The van der Waals surface area contributed by atoms with Crippen molar-refractivity contribution in [1.29, 1.82) is 0 Å². The van der Waals surface area contributed by atoms with E-state index < -0.39 is 46.5 Å². The minimum atomic E-state index is -4.08. The van der Waals surface area contributed by atoms with E-state index in [1.165, 1.54) is 12.1 Å². The molecule has 0 aliphatic rings. The molecule has 0 atom stereocenters. The van der Waals surface area contributed by atoms with Gasteiger partial charge in [0.05, 0.1) is 5.56 Å². The maximum absolute atomic E-state index is 14.5. The third-order valence-corrected chi connectivity index (χ3v) is 4.62. The first-order valence-electron chi connectivity index (χ1n) is 9.59. The molecule has 8 heteroatoms. The van der Waals surface area contributed by atoms with Gasteiger partial charge in [-0.2, -0.15) is 8.78 Å². The van der Waals surface area contributed by atoms with E-state index in [4.69, 9.17) is 0 Å². The highest BCUT2D eigenvalue weighted by Gasteiger charge is 2.35. The topological polar surface area (TPSA) is 9.23 Å². The maximum Gasteiger partial charge on any atom is 0.426 e. The number of halogens is 7. The zero-order valence-corrected chi connectivity index (χ0v) is 16.7. The van der Waals surface area contributed by atoms with E-state index in [2.05, 4.69) is 4.74 Å². The van der Waals surface area contributed by atoms with E-state index in [-0.39, 0.29) is 23.3 Å². The number of rotatable bonds is 7. The Bertz CT molecular complexity index is 1100. The lowest BCUT2D eigenvalue weighted by atomic mass is 10.0. The van der Waals surface area contributed by atoms with Crippen LogP contribution in [-0.2, 0) is 12.5 Å². The van der Waals surface area contributed by atoms with E-state index in [1.807, 2.05) is 6.92 Å². The number of aryl methyl sites for hydroxylation is 1. The lowest BCUT2D eigenvalue weighted by Gasteiger charge is -2.18. The van der Waals surface area contributed by atoms with Crippen LogP contribution >= 0.6 is 0 Å². The standard InChI is InChI=1S/C24H17F7O/c1-2-3-14-4-6-15(7-5-14)21(27)22(28)16-8-10-17(11-9-16)24(30,31)32-18-12-19(25)23(29)20(26)13-18/h4-13H,2-3H2,1H3. The van der Waals surface area contributed by atoms with Crippen LogP contribution in [0.15, 0.2) is 60.7 Å². The minimum absolute atomic E-state index is 0.000422. The molecule has 0 unspecified atom stereocenters. The Kier molecular flexibility index (Phi) is 6.91. The van der Waals surface area contributed by atoms with Crippen LogP contribution in [0.25, 0.3) is 11.7 Å². The Morgan fingerprint density at radius 3 is 1.72 bits per heavy atom. The van der Waals surface area contributed by atoms with Gasteiger partial charge in [0.2, 0.25) is 0 Å². The first-order chi connectivity index (χ1) is 15.1. The van der Waals surface area contributed by atoms with Gasteiger partial charge in [-0.25, -0.2) is 22.0 Å². The number of alkyl halides is 2. The second-order valence-electron chi connectivity index (χ2n) is 6.97. The molecular formula is C24H17F7O. The van der Waals surface area contributed by atoms with Crippen LogP contribution in [0.1, 0.15) is 35.6 Å². The molecule has 0 spiro atoms. The SMILES string of the molecule is CCCc1ccc(C(F)=C(F)c2ccc(C(F)(F)Oc3cc(F)c(F)c(F)c3)cc2)cc1. The van der Waals surface area contributed by atoms with Gasteiger partial charge in [-0.15, -0.1) is 0 Å². The molecule has 0 saturated carbocycles. The molecule has 3 aromatic carbocycles. The number of ether oxygens (including phenoxy) is 1. The zero-order chi connectivity index (χ0) is 23.5. The van der Waals surface area contributed by atoms with Crippen LogP contribution in [-0.4, -0.2) is 0 Å². The molecule has 0 aliphatic heterocycles. The molecule has 0 saturated heterocycles. The van der Waals surface area contributed by atoms with E-state index in [1.54, 1.807) is 12.1 Å². The highest BCUT2D eigenvalue weighted by Crippen LogP contribution is 2.35. The normalized spacial score (nSPS) is 12.5. The van der Waals surface area contributed by atoms with Crippen LogP contribution in [0, 0.1) is 17.5 Å². The summed E-state index contributed by atoms with van der Waals surface area (Å²) in [6.07, 6.45) is -2.39. The zero-order valence-electron chi connectivity index (χ0n) is 16.7. The van der Waals surface area contributed by atoms with Gasteiger partial charge in [0.1, 0.15) is 5.75 Å². The first-order valence-corrected chi connectivity index (χ1v) is 9.59. The predicted octanol–water partition coefficient (Wildman–Crippen LogP) is 7.95. The van der Waals surface area contributed by atoms with Crippen molar-refractivity contribution in [3.05, 3.63) is 100 Å². The van der Waals surface area contributed by atoms with Gasteiger partial charge in [-0.3, -0.25) is 0 Å². The molecular weight excluding hydrogens is 437 g/mol. The molecule has 3 rings (SSSR count). The summed E-state index contributed by atoms with van der Waals surface area (Å²) < 4.78 is 101. The fraction of sp³-hybridized carbons (Fsp3) is 0.167. The molecule has 0 aromatic heterocycles. The lowest BCUT2D eigenvalue weighted by molar-refractivity contribution is -0.185. The first kappa shape index (κ1) is 23.4. The molecule has 32 heavy (non-hydrogen) atoms. The smallest absolute Gasteiger partial charge is 0.426 e. The molecule has 1 nitrogen and oxygen atoms in total. The van der Waals surface area contributed by atoms with Crippen molar-refractivity contribution in [3.8, 4) is 5.75 Å². The summed E-state index contributed by atoms with van der Waals surface area (Å²) in [5, 5.41) is 0. The Hall–Kier alpha value is -3.29. The van der Waals surface area contributed by atoms with E-state index >= 15 is 0 Å². The van der Waals surface area contributed by atoms with Gasteiger partial charge >= 0.3 is 6.11 Å². The summed E-state index contributed by atoms with van der Waals surface area (Å²) in [5.74, 6) is -8.56. The highest BCUT2D eigenvalue weighted by molar-refractivity contribution is 5.83. The van der Waals surface area contributed by atoms with Crippen molar-refractivity contribution in [2.75, 3.05) is 0 Å². The molecule has 0 radical (unpaired) electrons. The van der Waals surface area contributed by atoms with Crippen molar-refractivity contribution in [2.45, 2.75) is 25.9 Å². The van der Waals surface area contributed by atoms with Crippen molar-refractivity contribution in [1.82, 2.24) is 0 Å². The summed E-state index contributed by atoms with van der Waals surface area (Å²) in [7, 11) is 0. The maximum atomic E-state index is 14.5. The van der Waals surface area contributed by atoms with Crippen molar-refractivity contribution < 1.29 is 35.5 Å². The minimum Gasteiger partial charge on any atom is -0.429 e. The van der Waals surface area contributed by atoms with E-state index in [0.717, 1.165) is 42.7 Å². The summed E-state index contributed by atoms with van der Waals surface area (Å²) >= 11 is 0. The molecule has 0 heterocycles. The van der Waals surface area contributed by atoms with Gasteiger partial charge in [0.25, 0.3) is 0 Å². The fourth-order valence-corrected chi connectivity index (χ4v) is 2.97. The molecule has 0 amide bonds. The second kappa shape index (κ2) is 9.46. The van der Waals surface area contributed by atoms with Gasteiger partial charge in [0, 0.05) is 23.3 Å². The average molecular weight is 454 g/mol. The summed E-state index contributed by atoms with van der Waals surface area (Å²) in [4.78, 5) is 0. The largest absolute Gasteiger partial charge is 0.429 e. The monoisotopic (exact) mass is 454 g/mol. The number of hydrogen-bond acceptors (Lipinski definition) is 1. The third kappa shape index (κ3) is 5.12. The molecule has 3 aromatic rings. The number of hydrogen-bond donors (Lipinski definition) is 0. The Labute approximate surface area is 179 Å². The van der Waals surface area contributed by atoms with Crippen LogP contribution in [0.5, 0.6) is 5.75 Å². The van der Waals surface area contributed by atoms with Crippen LogP contribution < -0.4 is 4.74 Å². The van der Waals surface area contributed by atoms with Crippen molar-refractivity contribution >= 4 is 11.7 Å². The summed E-state index contributed by atoms with van der Waals surface area (Å²) in [5.41, 5.74) is -0.112. The van der Waals surface area contributed by atoms with Crippen molar-refractivity contribution in [3.63, 3.8) is 0 Å². The molecule has 0 N–H and O–H groups in total. The van der Waals surface area contributed by atoms with Gasteiger partial charge in [-0.1, -0.05) is 49.7 Å². The molecule has 0 aliphatic carbocycles. The van der Waals surface area contributed by atoms with Gasteiger partial charge in [-0.05, 0) is 24.1 Å². The van der Waals surface area contributed by atoms with E-state index in [0.29, 0.717) is 0 Å². The Balaban J connectivity index is 1.81. The average Bonchev–Trinajstić information content (AvgIpc) is 2.77. The highest BCUT2D eigenvalue weighted by atomic mass is 19.3. The van der Waals surface area contributed by atoms with E-state index in [9.17, 15) is 30.7 Å². The fourth-order valence-electron chi connectivity index (χ4n) is 2.97. The molecule has 168 valence electrons. The van der Waals surface area contributed by atoms with Crippen LogP contribution in [0.4, 0.5) is 30.7 Å². The van der Waals surface area contributed by atoms with Crippen LogP contribution in [0.3, 0.4) is 0 Å². The van der Waals surface area contributed by atoms with Crippen LogP contribution in [0.2, 0.25) is 0 Å². The predicted molar refractivity (Wildman–Crippen MR) is 107 cm³/mol. The summed E-state index contributed by atoms with van der Waals surface area (Å²) in [6, 6.07) is 10.1.